The number of rotatable bonds is 4. The first-order valence-corrected chi connectivity index (χ1v) is 7.16. The number of nitrogens with one attached hydrogen (secondary N) is 2. The van der Waals surface area contributed by atoms with Crippen LogP contribution in [0.4, 0.5) is 14.6 Å². The molecule has 0 aliphatic heterocycles. The van der Waals surface area contributed by atoms with E-state index in [1.165, 1.54) is 18.2 Å². The van der Waals surface area contributed by atoms with Crippen molar-refractivity contribution < 1.29 is 13.6 Å². The van der Waals surface area contributed by atoms with Crippen molar-refractivity contribution in [3.05, 3.63) is 65.2 Å². The molecule has 1 heterocycles. The summed E-state index contributed by atoms with van der Waals surface area (Å²) in [5.41, 5.74) is 7.67. The van der Waals surface area contributed by atoms with E-state index < -0.39 is 11.6 Å². The molecule has 0 saturated heterocycles. The van der Waals surface area contributed by atoms with E-state index in [1.807, 2.05) is 12.1 Å². The van der Waals surface area contributed by atoms with Crippen molar-refractivity contribution in [1.82, 2.24) is 15.5 Å². The Hall–Kier alpha value is -3.22. The van der Waals surface area contributed by atoms with Crippen LogP contribution in [0.1, 0.15) is 11.1 Å². The zero-order chi connectivity index (χ0) is 17.1. The molecule has 1 aromatic heterocycles. The highest BCUT2D eigenvalue weighted by Gasteiger charge is 2.03. The predicted molar refractivity (Wildman–Crippen MR) is 87.7 cm³/mol. The van der Waals surface area contributed by atoms with Gasteiger partial charge in [0.2, 0.25) is 5.91 Å². The minimum Gasteiger partial charge on any atom is -0.382 e. The fourth-order valence-electron chi connectivity index (χ4n) is 2.29. The van der Waals surface area contributed by atoms with Gasteiger partial charge in [-0.05, 0) is 41.5 Å². The molecule has 0 spiro atoms. The first-order valence-electron chi connectivity index (χ1n) is 7.16. The van der Waals surface area contributed by atoms with E-state index in [9.17, 15) is 13.6 Å². The van der Waals surface area contributed by atoms with E-state index in [0.29, 0.717) is 11.4 Å². The van der Waals surface area contributed by atoms with Crippen molar-refractivity contribution in [2.24, 2.45) is 0 Å². The molecule has 3 aromatic rings. The van der Waals surface area contributed by atoms with Crippen molar-refractivity contribution in [2.75, 3.05) is 5.73 Å². The lowest BCUT2D eigenvalue weighted by Crippen LogP contribution is -2.20. The number of carbonyl (C=O) groups excluding carboxylic acids is 1. The number of benzene rings is 2. The van der Waals surface area contributed by atoms with Gasteiger partial charge in [-0.1, -0.05) is 6.07 Å². The molecule has 0 saturated carbocycles. The second kappa shape index (κ2) is 6.49. The number of aromatic amines is 1. The zero-order valence-electron chi connectivity index (χ0n) is 12.5. The molecule has 0 bridgehead atoms. The number of nitrogens with zero attached hydrogens (tertiary/aromatic N) is 1. The summed E-state index contributed by atoms with van der Waals surface area (Å²) in [7, 11) is 0. The van der Waals surface area contributed by atoms with Crippen LogP contribution in [-0.2, 0) is 11.3 Å². The average Bonchev–Trinajstić information content (AvgIpc) is 2.91. The van der Waals surface area contributed by atoms with Gasteiger partial charge in [-0.15, -0.1) is 0 Å². The molecule has 2 aromatic carbocycles. The number of nitrogens with two attached hydrogens (primary N) is 1. The molecule has 0 aliphatic rings. The smallest absolute Gasteiger partial charge is 0.244 e. The number of hydrogen-bond donors (Lipinski definition) is 3. The lowest BCUT2D eigenvalue weighted by Gasteiger charge is -2.03. The van der Waals surface area contributed by atoms with Gasteiger partial charge in [0.25, 0.3) is 0 Å². The molecule has 0 atom stereocenters. The molecule has 0 aliphatic carbocycles. The number of amides is 1. The SMILES string of the molecule is Nc1n[nH]c2ccc(/C=C/C(=O)NCc3cc(F)cc(F)c3)cc12. The standard InChI is InChI=1S/C17H14F2N4O/c18-12-5-11(6-13(19)8-12)9-21-16(24)4-2-10-1-3-15-14(7-10)17(20)23-22-15/h1-8H,9H2,(H,21,24)(H3,20,22,23)/b4-2+. The Labute approximate surface area is 136 Å². The van der Waals surface area contributed by atoms with Crippen LogP contribution in [0, 0.1) is 11.6 Å². The number of carbonyl (C=O) groups is 1. The van der Waals surface area contributed by atoms with Crippen LogP contribution in [0.15, 0.2) is 42.5 Å². The van der Waals surface area contributed by atoms with Gasteiger partial charge in [-0.3, -0.25) is 9.89 Å². The van der Waals surface area contributed by atoms with E-state index in [0.717, 1.165) is 22.5 Å². The Morgan fingerprint density at radius 1 is 1.21 bits per heavy atom. The van der Waals surface area contributed by atoms with Gasteiger partial charge in [0.05, 0.1) is 5.52 Å². The second-order valence-electron chi connectivity index (χ2n) is 5.24. The lowest BCUT2D eigenvalue weighted by atomic mass is 10.1. The van der Waals surface area contributed by atoms with Crippen LogP contribution in [0.5, 0.6) is 0 Å². The summed E-state index contributed by atoms with van der Waals surface area (Å²) in [4.78, 5) is 11.8. The summed E-state index contributed by atoms with van der Waals surface area (Å²) in [5, 5.41) is 10.0. The van der Waals surface area contributed by atoms with Crippen molar-refractivity contribution in [2.45, 2.75) is 6.54 Å². The van der Waals surface area contributed by atoms with Crippen LogP contribution in [-0.4, -0.2) is 16.1 Å². The molecule has 122 valence electrons. The molecular formula is C17H14F2N4O. The monoisotopic (exact) mass is 328 g/mol. The summed E-state index contributed by atoms with van der Waals surface area (Å²) in [5.74, 6) is -1.35. The van der Waals surface area contributed by atoms with Gasteiger partial charge < -0.3 is 11.1 Å². The summed E-state index contributed by atoms with van der Waals surface area (Å²) in [6, 6.07) is 8.55. The number of aromatic nitrogens is 2. The van der Waals surface area contributed by atoms with Crippen molar-refractivity contribution in [1.29, 1.82) is 0 Å². The van der Waals surface area contributed by atoms with Crippen molar-refractivity contribution >= 4 is 28.7 Å². The van der Waals surface area contributed by atoms with Gasteiger partial charge in [0.15, 0.2) is 5.82 Å². The number of fused-ring (bicyclic) bond motifs is 1. The Kier molecular flexibility index (Phi) is 4.24. The highest BCUT2D eigenvalue weighted by atomic mass is 19.1. The summed E-state index contributed by atoms with van der Waals surface area (Å²) >= 11 is 0. The summed E-state index contributed by atoms with van der Waals surface area (Å²) in [6.07, 6.45) is 2.96. The maximum atomic E-state index is 13.1. The van der Waals surface area contributed by atoms with Gasteiger partial charge in [-0.2, -0.15) is 5.10 Å². The van der Waals surface area contributed by atoms with Crippen LogP contribution >= 0.6 is 0 Å². The van der Waals surface area contributed by atoms with E-state index in [2.05, 4.69) is 15.5 Å². The summed E-state index contributed by atoms with van der Waals surface area (Å²) < 4.78 is 26.1. The van der Waals surface area contributed by atoms with E-state index >= 15 is 0 Å². The van der Waals surface area contributed by atoms with Gasteiger partial charge >= 0.3 is 0 Å². The predicted octanol–water partition coefficient (Wildman–Crippen LogP) is 2.75. The number of anilines is 1. The molecule has 24 heavy (non-hydrogen) atoms. The Morgan fingerprint density at radius 3 is 2.71 bits per heavy atom. The Bertz CT molecular complexity index is 913. The molecular weight excluding hydrogens is 314 g/mol. The van der Waals surface area contributed by atoms with Crippen molar-refractivity contribution in [3.8, 4) is 0 Å². The second-order valence-corrected chi connectivity index (χ2v) is 5.24. The molecule has 0 unspecified atom stereocenters. The highest BCUT2D eigenvalue weighted by molar-refractivity contribution is 5.94. The van der Waals surface area contributed by atoms with E-state index in [4.69, 9.17) is 5.73 Å². The molecule has 5 nitrogen and oxygen atoms in total. The first-order chi connectivity index (χ1) is 11.5. The fraction of sp³-hybridized carbons (Fsp3) is 0.0588. The largest absolute Gasteiger partial charge is 0.382 e. The average molecular weight is 328 g/mol. The zero-order valence-corrected chi connectivity index (χ0v) is 12.5. The molecule has 0 fully saturated rings. The molecule has 4 N–H and O–H groups in total. The molecule has 0 radical (unpaired) electrons. The van der Waals surface area contributed by atoms with Crippen LogP contribution in [0.2, 0.25) is 0 Å². The molecule has 3 rings (SSSR count). The maximum Gasteiger partial charge on any atom is 0.244 e. The topological polar surface area (TPSA) is 83.8 Å². The highest BCUT2D eigenvalue weighted by Crippen LogP contribution is 2.19. The van der Waals surface area contributed by atoms with Crippen LogP contribution in [0.3, 0.4) is 0 Å². The van der Waals surface area contributed by atoms with Crippen molar-refractivity contribution in [3.63, 3.8) is 0 Å². The third-order valence-electron chi connectivity index (χ3n) is 3.43. The van der Waals surface area contributed by atoms with E-state index in [1.54, 1.807) is 12.1 Å². The third-order valence-corrected chi connectivity index (χ3v) is 3.43. The summed E-state index contributed by atoms with van der Waals surface area (Å²) in [6.45, 7) is 0.0333. The quantitative estimate of drug-likeness (QED) is 0.644. The molecule has 7 heteroatoms. The lowest BCUT2D eigenvalue weighted by molar-refractivity contribution is -0.116. The number of nitrogen functional groups attached to an aromatic ring is 1. The van der Waals surface area contributed by atoms with E-state index in [-0.39, 0.29) is 12.5 Å². The normalized spacial score (nSPS) is 11.2. The maximum absolute atomic E-state index is 13.1. The number of hydrogen-bond acceptors (Lipinski definition) is 3. The van der Waals surface area contributed by atoms with Crippen LogP contribution < -0.4 is 11.1 Å². The van der Waals surface area contributed by atoms with Gasteiger partial charge in [0.1, 0.15) is 11.6 Å². The Balaban J connectivity index is 1.64. The van der Waals surface area contributed by atoms with Gasteiger partial charge in [-0.25, -0.2) is 8.78 Å². The fourth-order valence-corrected chi connectivity index (χ4v) is 2.29. The first kappa shape index (κ1) is 15.7. The third kappa shape index (κ3) is 3.57. The van der Waals surface area contributed by atoms with Gasteiger partial charge in [0, 0.05) is 24.1 Å². The molecule has 1 amide bonds. The van der Waals surface area contributed by atoms with Crippen LogP contribution in [0.25, 0.3) is 17.0 Å². The Morgan fingerprint density at radius 2 is 1.96 bits per heavy atom. The minimum absolute atomic E-state index is 0.0333. The number of halogens is 2. The number of H-pyrrole nitrogens is 1. The minimum atomic E-state index is -0.680.